The number of imidazole rings is 1. The van der Waals surface area contributed by atoms with E-state index in [1.807, 2.05) is 49.4 Å². The summed E-state index contributed by atoms with van der Waals surface area (Å²) in [5.74, 6) is 0.280. The smallest absolute Gasteiger partial charge is 0.234 e. The maximum absolute atomic E-state index is 12.4. The minimum atomic E-state index is -0.108. The van der Waals surface area contributed by atoms with Crippen LogP contribution in [0.1, 0.15) is 29.8 Å². The van der Waals surface area contributed by atoms with Gasteiger partial charge in [-0.3, -0.25) is 9.59 Å². The lowest BCUT2D eigenvalue weighted by molar-refractivity contribution is -0.117. The van der Waals surface area contributed by atoms with Crippen molar-refractivity contribution in [2.24, 2.45) is 0 Å². The van der Waals surface area contributed by atoms with Crippen LogP contribution in [0, 0.1) is 6.92 Å². The van der Waals surface area contributed by atoms with Gasteiger partial charge in [0.2, 0.25) is 11.8 Å². The van der Waals surface area contributed by atoms with Gasteiger partial charge in [0.05, 0.1) is 11.4 Å². The van der Waals surface area contributed by atoms with Gasteiger partial charge in [-0.2, -0.15) is 0 Å². The first kappa shape index (κ1) is 20.2. The molecular formula is C23H24N4O2S. The summed E-state index contributed by atoms with van der Waals surface area (Å²) in [6.07, 6.45) is 2.22. The van der Waals surface area contributed by atoms with Crippen LogP contribution >= 0.6 is 11.8 Å². The summed E-state index contributed by atoms with van der Waals surface area (Å²) in [6, 6.07) is 17.6. The number of aromatic nitrogens is 2. The van der Waals surface area contributed by atoms with Gasteiger partial charge in [-0.15, -0.1) is 0 Å². The van der Waals surface area contributed by atoms with E-state index in [1.54, 1.807) is 4.90 Å². The Kier molecular flexibility index (Phi) is 6.18. The molecule has 4 rings (SSSR count). The molecule has 2 aromatic carbocycles. The third-order valence-corrected chi connectivity index (χ3v) is 5.91. The van der Waals surface area contributed by atoms with Crippen LogP contribution < -0.4 is 10.2 Å². The van der Waals surface area contributed by atoms with Gasteiger partial charge in [0.15, 0.2) is 5.16 Å². The Morgan fingerprint density at radius 1 is 1.20 bits per heavy atom. The minimum absolute atomic E-state index is 0.108. The monoisotopic (exact) mass is 420 g/mol. The topological polar surface area (TPSA) is 78.1 Å². The van der Waals surface area contributed by atoms with Gasteiger partial charge in [0.1, 0.15) is 0 Å². The quantitative estimate of drug-likeness (QED) is 0.563. The first-order valence-electron chi connectivity index (χ1n) is 10.0. The van der Waals surface area contributed by atoms with Crippen molar-refractivity contribution in [3.05, 3.63) is 71.5 Å². The molecule has 2 heterocycles. The largest absolute Gasteiger partial charge is 0.337 e. The molecule has 0 radical (unpaired) electrons. The van der Waals surface area contributed by atoms with Crippen molar-refractivity contribution in [1.29, 1.82) is 0 Å². The van der Waals surface area contributed by atoms with Gasteiger partial charge in [0, 0.05) is 36.5 Å². The van der Waals surface area contributed by atoms with Gasteiger partial charge in [-0.05, 0) is 37.1 Å². The van der Waals surface area contributed by atoms with Gasteiger partial charge < -0.3 is 15.2 Å². The molecule has 0 aliphatic carbocycles. The fourth-order valence-corrected chi connectivity index (χ4v) is 4.24. The van der Waals surface area contributed by atoms with Crippen LogP contribution in [-0.4, -0.2) is 34.1 Å². The SMILES string of the molecule is Cc1[nH]c(SCC(=O)Nc2cccc(N3CCCC3=O)c2)nc1Cc1ccccc1. The number of thioether (sulfide) groups is 1. The molecular weight excluding hydrogens is 396 g/mol. The molecule has 0 atom stereocenters. The molecule has 0 spiro atoms. The van der Waals surface area contributed by atoms with Crippen molar-refractivity contribution in [2.45, 2.75) is 31.3 Å². The number of aryl methyl sites for hydroxylation is 1. The molecule has 6 nitrogen and oxygen atoms in total. The summed E-state index contributed by atoms with van der Waals surface area (Å²) in [5, 5.41) is 3.65. The highest BCUT2D eigenvalue weighted by Gasteiger charge is 2.21. The zero-order chi connectivity index (χ0) is 20.9. The average molecular weight is 421 g/mol. The van der Waals surface area contributed by atoms with E-state index in [1.165, 1.54) is 17.3 Å². The summed E-state index contributed by atoms with van der Waals surface area (Å²) in [6.45, 7) is 2.73. The number of nitrogens with zero attached hydrogens (tertiary/aromatic N) is 2. The molecule has 1 aliphatic rings. The van der Waals surface area contributed by atoms with Gasteiger partial charge >= 0.3 is 0 Å². The molecule has 3 aromatic rings. The van der Waals surface area contributed by atoms with Crippen molar-refractivity contribution >= 4 is 35.0 Å². The Morgan fingerprint density at radius 3 is 2.80 bits per heavy atom. The molecule has 0 unspecified atom stereocenters. The van der Waals surface area contributed by atoms with E-state index in [-0.39, 0.29) is 17.6 Å². The van der Waals surface area contributed by atoms with Gasteiger partial charge in [-0.1, -0.05) is 48.2 Å². The van der Waals surface area contributed by atoms with Crippen molar-refractivity contribution in [1.82, 2.24) is 9.97 Å². The van der Waals surface area contributed by atoms with E-state index in [9.17, 15) is 9.59 Å². The number of carbonyl (C=O) groups is 2. The summed E-state index contributed by atoms with van der Waals surface area (Å²) in [5.41, 5.74) is 4.74. The second-order valence-electron chi connectivity index (χ2n) is 7.31. The Balaban J connectivity index is 1.33. The highest BCUT2D eigenvalue weighted by atomic mass is 32.2. The Bertz CT molecular complexity index is 1050. The molecule has 0 bridgehead atoms. The number of hydrogen-bond acceptors (Lipinski definition) is 4. The highest BCUT2D eigenvalue weighted by molar-refractivity contribution is 7.99. The Morgan fingerprint density at radius 2 is 2.03 bits per heavy atom. The fourth-order valence-electron chi connectivity index (χ4n) is 3.50. The number of aromatic amines is 1. The van der Waals surface area contributed by atoms with Crippen molar-refractivity contribution in [2.75, 3.05) is 22.5 Å². The summed E-state index contributed by atoms with van der Waals surface area (Å²) in [4.78, 5) is 34.0. The number of rotatable bonds is 7. The summed E-state index contributed by atoms with van der Waals surface area (Å²) >= 11 is 1.38. The Labute approximate surface area is 180 Å². The lowest BCUT2D eigenvalue weighted by Crippen LogP contribution is -2.23. The van der Waals surface area contributed by atoms with Crippen LogP contribution in [-0.2, 0) is 16.0 Å². The number of hydrogen-bond donors (Lipinski definition) is 2. The maximum atomic E-state index is 12.4. The molecule has 0 saturated carbocycles. The van der Waals surface area contributed by atoms with E-state index in [2.05, 4.69) is 27.4 Å². The molecule has 30 heavy (non-hydrogen) atoms. The maximum Gasteiger partial charge on any atom is 0.234 e. The first-order chi connectivity index (χ1) is 14.6. The van der Waals surface area contributed by atoms with E-state index in [4.69, 9.17) is 0 Å². The number of amides is 2. The van der Waals surface area contributed by atoms with Crippen LogP contribution in [0.3, 0.4) is 0 Å². The molecule has 2 amide bonds. The predicted octanol–water partition coefficient (Wildman–Crippen LogP) is 4.17. The second kappa shape index (κ2) is 9.17. The standard InChI is InChI=1S/C23H24N4O2S/c1-16-20(13-17-7-3-2-4-8-17)26-23(24-16)30-15-21(28)25-18-9-5-10-19(14-18)27-12-6-11-22(27)29/h2-5,7-10,14H,6,11-13,15H2,1H3,(H,24,26)(H,25,28). The average Bonchev–Trinajstić information content (AvgIpc) is 3.33. The Hall–Kier alpha value is -3.06. The zero-order valence-electron chi connectivity index (χ0n) is 16.9. The minimum Gasteiger partial charge on any atom is -0.337 e. The summed E-state index contributed by atoms with van der Waals surface area (Å²) in [7, 11) is 0. The lowest BCUT2D eigenvalue weighted by Gasteiger charge is -2.16. The van der Waals surface area contributed by atoms with Crippen LogP contribution in [0.4, 0.5) is 11.4 Å². The third kappa shape index (κ3) is 4.91. The fraction of sp³-hybridized carbons (Fsp3) is 0.261. The number of H-pyrrole nitrogens is 1. The van der Waals surface area contributed by atoms with E-state index < -0.39 is 0 Å². The number of carbonyl (C=O) groups excluding carboxylic acids is 2. The van der Waals surface area contributed by atoms with Gasteiger partial charge in [0.25, 0.3) is 0 Å². The van der Waals surface area contributed by atoms with Crippen molar-refractivity contribution < 1.29 is 9.59 Å². The number of anilines is 2. The molecule has 1 saturated heterocycles. The van der Waals surface area contributed by atoms with E-state index in [0.29, 0.717) is 12.1 Å². The third-order valence-electron chi connectivity index (χ3n) is 5.03. The zero-order valence-corrected chi connectivity index (χ0v) is 17.7. The second-order valence-corrected chi connectivity index (χ2v) is 8.28. The van der Waals surface area contributed by atoms with Gasteiger partial charge in [-0.25, -0.2) is 4.98 Å². The van der Waals surface area contributed by atoms with Crippen molar-refractivity contribution in [3.8, 4) is 0 Å². The van der Waals surface area contributed by atoms with Crippen LogP contribution in [0.15, 0.2) is 59.8 Å². The van der Waals surface area contributed by atoms with E-state index >= 15 is 0 Å². The number of nitrogens with one attached hydrogen (secondary N) is 2. The van der Waals surface area contributed by atoms with Crippen LogP contribution in [0.2, 0.25) is 0 Å². The molecule has 154 valence electrons. The molecule has 7 heteroatoms. The van der Waals surface area contributed by atoms with Crippen molar-refractivity contribution in [3.63, 3.8) is 0 Å². The van der Waals surface area contributed by atoms with E-state index in [0.717, 1.165) is 41.6 Å². The lowest BCUT2D eigenvalue weighted by atomic mass is 10.1. The normalized spacial score (nSPS) is 13.6. The molecule has 1 aromatic heterocycles. The highest BCUT2D eigenvalue weighted by Crippen LogP contribution is 2.25. The van der Waals surface area contributed by atoms with Crippen LogP contribution in [0.5, 0.6) is 0 Å². The first-order valence-corrected chi connectivity index (χ1v) is 11.0. The summed E-state index contributed by atoms with van der Waals surface area (Å²) < 4.78 is 0. The van der Waals surface area contributed by atoms with Crippen LogP contribution in [0.25, 0.3) is 0 Å². The molecule has 1 fully saturated rings. The molecule has 2 N–H and O–H groups in total. The predicted molar refractivity (Wildman–Crippen MR) is 120 cm³/mol. The molecule has 1 aliphatic heterocycles. The number of benzene rings is 2.